The number of amides is 1. The van der Waals surface area contributed by atoms with Gasteiger partial charge in [-0.3, -0.25) is 9.78 Å². The predicted octanol–water partition coefficient (Wildman–Crippen LogP) is 2.10. The summed E-state index contributed by atoms with van der Waals surface area (Å²) < 4.78 is 11.5. The molecule has 0 aromatic carbocycles. The van der Waals surface area contributed by atoms with Crippen molar-refractivity contribution in [3.05, 3.63) is 24.0 Å². The number of carbonyl (C=O) groups is 1. The summed E-state index contributed by atoms with van der Waals surface area (Å²) in [6, 6.07) is 2.28. The molecule has 0 unspecified atom stereocenters. The van der Waals surface area contributed by atoms with Crippen LogP contribution in [0.3, 0.4) is 0 Å². The van der Waals surface area contributed by atoms with Crippen molar-refractivity contribution in [1.82, 2.24) is 10.3 Å². The third-order valence-electron chi connectivity index (χ3n) is 5.38. The second-order valence-electron chi connectivity index (χ2n) is 6.98. The molecule has 0 atom stereocenters. The molecular weight excluding hydrogens is 306 g/mol. The highest BCUT2D eigenvalue weighted by Crippen LogP contribution is 2.33. The molecular formula is C18H25N3O3. The summed E-state index contributed by atoms with van der Waals surface area (Å²) in [6.07, 6.45) is 9.80. The fourth-order valence-corrected chi connectivity index (χ4v) is 3.96. The van der Waals surface area contributed by atoms with E-state index in [0.717, 1.165) is 44.5 Å². The maximum absolute atomic E-state index is 12.4. The molecule has 6 heteroatoms. The fourth-order valence-electron chi connectivity index (χ4n) is 3.96. The number of hydrogen-bond acceptors (Lipinski definition) is 5. The van der Waals surface area contributed by atoms with Gasteiger partial charge < -0.3 is 19.7 Å². The molecule has 4 rings (SSSR count). The van der Waals surface area contributed by atoms with Gasteiger partial charge in [-0.15, -0.1) is 0 Å². The number of ether oxygens (including phenoxy) is 2. The van der Waals surface area contributed by atoms with Crippen LogP contribution in [0.5, 0.6) is 0 Å². The van der Waals surface area contributed by atoms with Crippen LogP contribution in [0.15, 0.2) is 18.5 Å². The minimum atomic E-state index is -0.374. The molecule has 1 N–H and O–H groups in total. The topological polar surface area (TPSA) is 63.7 Å². The Hall–Kier alpha value is -1.66. The van der Waals surface area contributed by atoms with Crippen LogP contribution >= 0.6 is 0 Å². The summed E-state index contributed by atoms with van der Waals surface area (Å²) in [5.41, 5.74) is 1.65. The number of anilines is 1. The minimum absolute atomic E-state index is 0.00723. The van der Waals surface area contributed by atoms with E-state index in [1.165, 1.54) is 12.8 Å². The monoisotopic (exact) mass is 331 g/mol. The second kappa shape index (κ2) is 6.69. The molecule has 3 heterocycles. The molecule has 1 aromatic heterocycles. The van der Waals surface area contributed by atoms with E-state index in [1.54, 1.807) is 6.20 Å². The van der Waals surface area contributed by atoms with Gasteiger partial charge in [0, 0.05) is 38.2 Å². The Morgan fingerprint density at radius 2 is 1.88 bits per heavy atom. The van der Waals surface area contributed by atoms with E-state index < -0.39 is 0 Å². The van der Waals surface area contributed by atoms with Crippen LogP contribution in [0.4, 0.5) is 5.69 Å². The SMILES string of the molecule is O=C(NC1CCCC1)c1cncc(N2CCC3(CC2)OCCO3)c1. The molecule has 0 radical (unpaired) electrons. The van der Waals surface area contributed by atoms with Crippen LogP contribution in [0.1, 0.15) is 48.9 Å². The van der Waals surface area contributed by atoms with E-state index in [0.29, 0.717) is 24.8 Å². The first-order valence-electron chi connectivity index (χ1n) is 9.03. The lowest BCUT2D eigenvalue weighted by Gasteiger charge is -2.38. The lowest BCUT2D eigenvalue weighted by atomic mass is 10.0. The number of aromatic nitrogens is 1. The van der Waals surface area contributed by atoms with Gasteiger partial charge in [0.25, 0.3) is 5.91 Å². The third-order valence-corrected chi connectivity index (χ3v) is 5.38. The maximum atomic E-state index is 12.4. The normalized spacial score (nSPS) is 23.8. The average molecular weight is 331 g/mol. The highest BCUT2D eigenvalue weighted by atomic mass is 16.7. The van der Waals surface area contributed by atoms with Crippen LogP contribution in [0.2, 0.25) is 0 Å². The van der Waals surface area contributed by atoms with Crippen LogP contribution in [-0.4, -0.2) is 49.0 Å². The van der Waals surface area contributed by atoms with E-state index in [2.05, 4.69) is 15.2 Å². The average Bonchev–Trinajstić information content (AvgIpc) is 3.28. The lowest BCUT2D eigenvalue weighted by Crippen LogP contribution is -2.45. The van der Waals surface area contributed by atoms with Crippen molar-refractivity contribution in [1.29, 1.82) is 0 Å². The van der Waals surface area contributed by atoms with Gasteiger partial charge in [-0.2, -0.15) is 0 Å². The summed E-state index contributed by atoms with van der Waals surface area (Å²) in [5, 5.41) is 3.13. The first kappa shape index (κ1) is 15.8. The number of pyridine rings is 1. The predicted molar refractivity (Wildman–Crippen MR) is 90.0 cm³/mol. The van der Waals surface area contributed by atoms with Crippen molar-refractivity contribution in [2.24, 2.45) is 0 Å². The summed E-state index contributed by atoms with van der Waals surface area (Å²) in [5.74, 6) is -0.381. The molecule has 6 nitrogen and oxygen atoms in total. The molecule has 1 amide bonds. The molecule has 1 aliphatic carbocycles. The van der Waals surface area contributed by atoms with Gasteiger partial charge in [0.15, 0.2) is 5.79 Å². The molecule has 1 spiro atoms. The summed E-state index contributed by atoms with van der Waals surface area (Å²) in [7, 11) is 0. The van der Waals surface area contributed by atoms with Crippen LogP contribution in [0.25, 0.3) is 0 Å². The largest absolute Gasteiger partial charge is 0.370 e. The van der Waals surface area contributed by atoms with Crippen molar-refractivity contribution >= 4 is 11.6 Å². The van der Waals surface area contributed by atoms with E-state index >= 15 is 0 Å². The van der Waals surface area contributed by atoms with Crippen LogP contribution in [0, 0.1) is 0 Å². The Labute approximate surface area is 142 Å². The highest BCUT2D eigenvalue weighted by molar-refractivity contribution is 5.95. The van der Waals surface area contributed by atoms with Crippen molar-refractivity contribution < 1.29 is 14.3 Å². The van der Waals surface area contributed by atoms with E-state index in [4.69, 9.17) is 9.47 Å². The number of nitrogens with one attached hydrogen (secondary N) is 1. The number of piperidine rings is 1. The van der Waals surface area contributed by atoms with Crippen molar-refractivity contribution in [3.63, 3.8) is 0 Å². The molecule has 3 aliphatic rings. The van der Waals surface area contributed by atoms with E-state index in [1.807, 2.05) is 12.3 Å². The molecule has 1 aromatic rings. The smallest absolute Gasteiger partial charge is 0.253 e. The van der Waals surface area contributed by atoms with Gasteiger partial charge in [0.05, 0.1) is 30.7 Å². The number of nitrogens with zero attached hydrogens (tertiary/aromatic N) is 2. The van der Waals surface area contributed by atoms with Gasteiger partial charge in [-0.05, 0) is 18.9 Å². The third kappa shape index (κ3) is 3.26. The zero-order valence-electron chi connectivity index (χ0n) is 14.0. The van der Waals surface area contributed by atoms with Gasteiger partial charge in [-0.25, -0.2) is 0 Å². The molecule has 3 fully saturated rings. The summed E-state index contributed by atoms with van der Waals surface area (Å²) >= 11 is 0. The highest BCUT2D eigenvalue weighted by Gasteiger charge is 2.39. The zero-order valence-corrected chi connectivity index (χ0v) is 14.0. The van der Waals surface area contributed by atoms with E-state index in [9.17, 15) is 4.79 Å². The van der Waals surface area contributed by atoms with Crippen molar-refractivity contribution in [3.8, 4) is 0 Å². The van der Waals surface area contributed by atoms with Crippen LogP contribution in [-0.2, 0) is 9.47 Å². The number of rotatable bonds is 3. The fraction of sp³-hybridized carbons (Fsp3) is 0.667. The first-order chi connectivity index (χ1) is 11.7. The maximum Gasteiger partial charge on any atom is 0.253 e. The molecule has 130 valence electrons. The van der Waals surface area contributed by atoms with Crippen LogP contribution < -0.4 is 10.2 Å². The summed E-state index contributed by atoms with van der Waals surface area (Å²) in [6.45, 7) is 3.10. The Balaban J connectivity index is 1.40. The van der Waals surface area contributed by atoms with Gasteiger partial charge >= 0.3 is 0 Å². The Morgan fingerprint density at radius 1 is 1.17 bits per heavy atom. The minimum Gasteiger partial charge on any atom is -0.370 e. The van der Waals surface area contributed by atoms with Gasteiger partial charge in [0.2, 0.25) is 0 Å². The number of hydrogen-bond donors (Lipinski definition) is 1. The standard InChI is InChI=1S/C18H25N3O3/c22-17(20-15-3-1-2-4-15)14-11-16(13-19-12-14)21-7-5-18(6-8-21)23-9-10-24-18/h11-13,15H,1-10H2,(H,20,22). The molecule has 2 saturated heterocycles. The van der Waals surface area contributed by atoms with Gasteiger partial charge in [0.1, 0.15) is 0 Å². The Kier molecular flexibility index (Phi) is 4.41. The Morgan fingerprint density at radius 3 is 2.58 bits per heavy atom. The second-order valence-corrected chi connectivity index (χ2v) is 6.98. The molecule has 24 heavy (non-hydrogen) atoms. The van der Waals surface area contributed by atoms with Gasteiger partial charge in [-0.1, -0.05) is 12.8 Å². The first-order valence-corrected chi connectivity index (χ1v) is 9.03. The molecule has 1 saturated carbocycles. The number of carbonyl (C=O) groups excluding carboxylic acids is 1. The molecule has 0 bridgehead atoms. The van der Waals surface area contributed by atoms with Crippen molar-refractivity contribution in [2.75, 3.05) is 31.2 Å². The van der Waals surface area contributed by atoms with E-state index in [-0.39, 0.29) is 11.7 Å². The lowest BCUT2D eigenvalue weighted by molar-refractivity contribution is -0.169. The zero-order chi connectivity index (χ0) is 16.4. The quantitative estimate of drug-likeness (QED) is 0.919. The Bertz CT molecular complexity index is 585. The summed E-state index contributed by atoms with van der Waals surface area (Å²) in [4.78, 5) is 19.0. The molecule has 2 aliphatic heterocycles. The van der Waals surface area contributed by atoms with Crippen molar-refractivity contribution in [2.45, 2.75) is 50.4 Å².